The number of fused-ring (bicyclic) bond motifs is 2. The fourth-order valence-corrected chi connectivity index (χ4v) is 3.71. The van der Waals surface area contributed by atoms with Crippen LogP contribution in [0.1, 0.15) is 23.3 Å². The molecule has 2 fully saturated rings. The smallest absolute Gasteiger partial charge is 0.272 e. The van der Waals surface area contributed by atoms with Crippen molar-refractivity contribution in [3.05, 3.63) is 42.1 Å². The molecule has 0 aliphatic carbocycles. The van der Waals surface area contributed by atoms with E-state index in [1.165, 1.54) is 0 Å². The highest BCUT2D eigenvalue weighted by atomic mass is 16.5. The number of para-hydroxylation sites is 1. The molecule has 0 saturated carbocycles. The Morgan fingerprint density at radius 2 is 1.96 bits per heavy atom. The summed E-state index contributed by atoms with van der Waals surface area (Å²) in [6.45, 7) is 1.36. The average molecular weight is 339 g/mol. The molecule has 2 aromatic rings. The van der Waals surface area contributed by atoms with Gasteiger partial charge in [-0.15, -0.1) is 0 Å². The number of ether oxygens (including phenoxy) is 1. The molecule has 2 saturated heterocycles. The quantitative estimate of drug-likeness (QED) is 0.793. The number of hydrogen-bond acceptors (Lipinski definition) is 4. The van der Waals surface area contributed by atoms with Gasteiger partial charge < -0.3 is 14.5 Å². The van der Waals surface area contributed by atoms with Crippen molar-refractivity contribution in [1.29, 1.82) is 0 Å². The first-order chi connectivity index (χ1) is 12.1. The van der Waals surface area contributed by atoms with E-state index in [2.05, 4.69) is 4.98 Å². The van der Waals surface area contributed by atoms with Crippen molar-refractivity contribution in [3.63, 3.8) is 0 Å². The Bertz CT molecular complexity index is 822. The summed E-state index contributed by atoms with van der Waals surface area (Å²) in [6.07, 6.45) is 1.47. The number of carbonyl (C=O) groups excluding carboxylic acids is 2. The van der Waals surface area contributed by atoms with E-state index < -0.39 is 0 Å². The Labute approximate surface area is 146 Å². The molecule has 0 spiro atoms. The van der Waals surface area contributed by atoms with Crippen molar-refractivity contribution in [1.82, 2.24) is 14.8 Å². The van der Waals surface area contributed by atoms with Crippen LogP contribution in [0.15, 0.2) is 36.4 Å². The van der Waals surface area contributed by atoms with Gasteiger partial charge in [-0.25, -0.2) is 4.98 Å². The van der Waals surface area contributed by atoms with E-state index in [1.54, 1.807) is 11.0 Å². The number of amides is 2. The summed E-state index contributed by atoms with van der Waals surface area (Å²) in [5.74, 6) is -0.0457. The van der Waals surface area contributed by atoms with Gasteiger partial charge in [0.25, 0.3) is 5.91 Å². The van der Waals surface area contributed by atoms with Gasteiger partial charge in [0.2, 0.25) is 5.91 Å². The lowest BCUT2D eigenvalue weighted by Gasteiger charge is -2.37. The van der Waals surface area contributed by atoms with E-state index in [-0.39, 0.29) is 30.6 Å². The molecule has 4 rings (SSSR count). The third-order valence-corrected chi connectivity index (χ3v) is 5.22. The van der Waals surface area contributed by atoms with E-state index in [0.717, 1.165) is 23.7 Å². The summed E-state index contributed by atoms with van der Waals surface area (Å²) < 4.78 is 5.69. The molecule has 0 N–H and O–H groups in total. The van der Waals surface area contributed by atoms with E-state index in [4.69, 9.17) is 4.74 Å². The Hall–Kier alpha value is -2.47. The Kier molecular flexibility index (Phi) is 4.13. The molecule has 2 aliphatic rings. The topological polar surface area (TPSA) is 62.7 Å². The molecular weight excluding hydrogens is 318 g/mol. The molecule has 2 atom stereocenters. The Balaban J connectivity index is 1.53. The van der Waals surface area contributed by atoms with Gasteiger partial charge in [-0.3, -0.25) is 9.59 Å². The van der Waals surface area contributed by atoms with Crippen LogP contribution in [0.3, 0.4) is 0 Å². The molecule has 25 heavy (non-hydrogen) atoms. The maximum absolute atomic E-state index is 12.9. The van der Waals surface area contributed by atoms with Gasteiger partial charge in [-0.1, -0.05) is 24.3 Å². The fourth-order valence-electron chi connectivity index (χ4n) is 3.71. The largest absolute Gasteiger partial charge is 0.366 e. The molecule has 0 bridgehead atoms. The van der Waals surface area contributed by atoms with Gasteiger partial charge in [0.1, 0.15) is 12.3 Å². The van der Waals surface area contributed by atoms with E-state index in [0.29, 0.717) is 18.8 Å². The second-order valence-electron chi connectivity index (χ2n) is 6.68. The number of rotatable bonds is 1. The van der Waals surface area contributed by atoms with Crippen LogP contribution < -0.4 is 0 Å². The predicted octanol–water partition coefficient (Wildman–Crippen LogP) is 1.70. The van der Waals surface area contributed by atoms with Gasteiger partial charge in [0, 0.05) is 25.5 Å². The number of carbonyl (C=O) groups is 2. The van der Waals surface area contributed by atoms with Crippen LogP contribution in [0.25, 0.3) is 10.9 Å². The molecule has 1 aromatic carbocycles. The zero-order chi connectivity index (χ0) is 17.4. The highest BCUT2D eigenvalue weighted by molar-refractivity contribution is 5.95. The molecular formula is C19H21N3O3. The van der Waals surface area contributed by atoms with Gasteiger partial charge in [0.15, 0.2) is 0 Å². The van der Waals surface area contributed by atoms with Crippen molar-refractivity contribution in [2.45, 2.75) is 25.0 Å². The standard InChI is InChI=1S/C19H21N3O3/c1-21-16-8-10-22(11-9-17(16)25-12-18(21)23)19(24)15-7-6-13-4-2-3-5-14(13)20-15/h2-7,16-17H,8-12H2,1H3/t16-,17-/m0/s1. The number of aromatic nitrogens is 1. The number of morpholine rings is 1. The van der Waals surface area contributed by atoms with Crippen molar-refractivity contribution < 1.29 is 14.3 Å². The first-order valence-corrected chi connectivity index (χ1v) is 8.66. The van der Waals surface area contributed by atoms with Gasteiger partial charge in [-0.05, 0) is 25.0 Å². The summed E-state index contributed by atoms with van der Waals surface area (Å²) in [7, 11) is 1.82. The zero-order valence-electron chi connectivity index (χ0n) is 14.2. The highest BCUT2D eigenvalue weighted by Crippen LogP contribution is 2.24. The Morgan fingerprint density at radius 3 is 2.84 bits per heavy atom. The number of hydrogen-bond donors (Lipinski definition) is 0. The number of likely N-dealkylation sites (tertiary alicyclic amines) is 1. The van der Waals surface area contributed by atoms with Crippen molar-refractivity contribution >= 4 is 22.7 Å². The maximum Gasteiger partial charge on any atom is 0.272 e. The van der Waals surface area contributed by atoms with Gasteiger partial charge in [0.05, 0.1) is 17.7 Å². The summed E-state index contributed by atoms with van der Waals surface area (Å²) in [5, 5.41) is 1.02. The van der Waals surface area contributed by atoms with Crippen molar-refractivity contribution in [2.24, 2.45) is 0 Å². The lowest BCUT2D eigenvalue weighted by molar-refractivity contribution is -0.154. The van der Waals surface area contributed by atoms with E-state index in [1.807, 2.05) is 42.3 Å². The number of nitrogens with zero attached hydrogens (tertiary/aromatic N) is 3. The minimum absolute atomic E-state index is 0.00469. The molecule has 0 unspecified atom stereocenters. The van der Waals surface area contributed by atoms with Gasteiger partial charge >= 0.3 is 0 Å². The van der Waals surface area contributed by atoms with E-state index in [9.17, 15) is 9.59 Å². The summed E-state index contributed by atoms with van der Waals surface area (Å²) in [6, 6.07) is 11.5. The minimum Gasteiger partial charge on any atom is -0.366 e. The first-order valence-electron chi connectivity index (χ1n) is 8.66. The SMILES string of the molecule is CN1C(=O)CO[C@H]2CCN(C(=O)c3ccc4ccccc4n3)CC[C@@H]21. The monoisotopic (exact) mass is 339 g/mol. The fraction of sp³-hybridized carbons (Fsp3) is 0.421. The molecule has 0 radical (unpaired) electrons. The third-order valence-electron chi connectivity index (χ3n) is 5.22. The minimum atomic E-state index is -0.0571. The average Bonchev–Trinajstić information content (AvgIpc) is 2.87. The second kappa shape index (κ2) is 6.44. The summed E-state index contributed by atoms with van der Waals surface area (Å²) in [4.78, 5) is 32.8. The molecule has 130 valence electrons. The lowest BCUT2D eigenvalue weighted by Crippen LogP contribution is -2.52. The first kappa shape index (κ1) is 16.0. The molecule has 3 heterocycles. The van der Waals surface area contributed by atoms with Crippen molar-refractivity contribution in [2.75, 3.05) is 26.7 Å². The predicted molar refractivity (Wildman–Crippen MR) is 93.2 cm³/mol. The molecule has 6 heteroatoms. The second-order valence-corrected chi connectivity index (χ2v) is 6.68. The normalized spacial score (nSPS) is 24.1. The molecule has 2 amide bonds. The van der Waals surface area contributed by atoms with Crippen LogP contribution in [-0.2, 0) is 9.53 Å². The molecule has 6 nitrogen and oxygen atoms in total. The number of pyridine rings is 1. The molecule has 2 aliphatic heterocycles. The van der Waals surface area contributed by atoms with Crippen LogP contribution in [0.5, 0.6) is 0 Å². The number of likely N-dealkylation sites (N-methyl/N-ethyl adjacent to an activating group) is 1. The summed E-state index contributed by atoms with van der Waals surface area (Å²) >= 11 is 0. The summed E-state index contributed by atoms with van der Waals surface area (Å²) in [5.41, 5.74) is 1.29. The van der Waals surface area contributed by atoms with Crippen LogP contribution in [0.2, 0.25) is 0 Å². The van der Waals surface area contributed by atoms with Gasteiger partial charge in [-0.2, -0.15) is 0 Å². The Morgan fingerprint density at radius 1 is 1.16 bits per heavy atom. The lowest BCUT2D eigenvalue weighted by atomic mass is 10.0. The van der Waals surface area contributed by atoms with Crippen LogP contribution in [0.4, 0.5) is 0 Å². The zero-order valence-corrected chi connectivity index (χ0v) is 14.2. The van der Waals surface area contributed by atoms with Crippen LogP contribution in [0, 0.1) is 0 Å². The highest BCUT2D eigenvalue weighted by Gasteiger charge is 2.37. The maximum atomic E-state index is 12.9. The van der Waals surface area contributed by atoms with Crippen molar-refractivity contribution in [3.8, 4) is 0 Å². The third kappa shape index (κ3) is 2.98. The van der Waals surface area contributed by atoms with E-state index >= 15 is 0 Å². The van der Waals surface area contributed by atoms with Crippen LogP contribution in [-0.4, -0.2) is 65.5 Å². The number of benzene rings is 1. The molecule has 1 aromatic heterocycles. The van der Waals surface area contributed by atoms with Crippen LogP contribution >= 0.6 is 0 Å².